The van der Waals surface area contributed by atoms with E-state index >= 15 is 0 Å². The Bertz CT molecular complexity index is 897. The topological polar surface area (TPSA) is 90.3 Å². The second kappa shape index (κ2) is 8.46. The quantitative estimate of drug-likeness (QED) is 0.582. The van der Waals surface area contributed by atoms with Crippen LogP contribution in [0.5, 0.6) is 0 Å². The number of aromatic nitrogens is 2. The van der Waals surface area contributed by atoms with Crippen molar-refractivity contribution in [3.8, 4) is 0 Å². The smallest absolute Gasteiger partial charge is 0.435 e. The maximum absolute atomic E-state index is 12.5. The molecule has 0 saturated carbocycles. The van der Waals surface area contributed by atoms with Gasteiger partial charge in [0.25, 0.3) is 0 Å². The van der Waals surface area contributed by atoms with Gasteiger partial charge >= 0.3 is 12.1 Å². The number of benzene rings is 1. The van der Waals surface area contributed by atoms with Gasteiger partial charge in [0.2, 0.25) is 5.91 Å². The molecule has 0 aliphatic carbocycles. The highest BCUT2D eigenvalue weighted by Gasteiger charge is 2.33. The Kier molecular flexibility index (Phi) is 6.45. The van der Waals surface area contributed by atoms with E-state index in [1.54, 1.807) is 32.9 Å². The molecule has 0 atom stereocenters. The Labute approximate surface area is 164 Å². The largest absolute Gasteiger partial charge is 0.456 e. The van der Waals surface area contributed by atoms with E-state index in [9.17, 15) is 27.6 Å². The molecular weight excluding hydrogens is 391 g/mol. The fourth-order valence-corrected chi connectivity index (χ4v) is 2.07. The second-order valence-corrected chi connectivity index (χ2v) is 7.26. The summed E-state index contributed by atoms with van der Waals surface area (Å²) in [6.45, 7) is 4.17. The van der Waals surface area contributed by atoms with Crippen LogP contribution in [0, 0.1) is 5.41 Å². The lowest BCUT2D eigenvalue weighted by molar-refractivity contribution is -0.145. The third-order valence-corrected chi connectivity index (χ3v) is 3.73. The minimum Gasteiger partial charge on any atom is -0.456 e. The molecule has 2 aromatic rings. The number of Topliss-reactive ketones (excluding diaryl/α,β-unsaturated/α-hetero) is 1. The number of ketones is 1. The number of nitrogens with one attached hydrogen (secondary N) is 1. The fourth-order valence-electron chi connectivity index (χ4n) is 2.07. The molecule has 1 N–H and O–H groups in total. The molecule has 29 heavy (non-hydrogen) atoms. The number of esters is 1. The first kappa shape index (κ1) is 22.1. The highest BCUT2D eigenvalue weighted by Crippen LogP contribution is 2.27. The van der Waals surface area contributed by atoms with Crippen LogP contribution < -0.4 is 5.32 Å². The lowest BCUT2D eigenvalue weighted by Crippen LogP contribution is -2.27. The number of halogens is 3. The number of hydrogen-bond acceptors (Lipinski definition) is 5. The van der Waals surface area contributed by atoms with E-state index < -0.39 is 42.2 Å². The summed E-state index contributed by atoms with van der Waals surface area (Å²) < 4.78 is 43.0. The zero-order valence-corrected chi connectivity index (χ0v) is 16.0. The Balaban J connectivity index is 1.86. The third-order valence-electron chi connectivity index (χ3n) is 3.73. The average Bonchev–Trinajstić information content (AvgIpc) is 3.08. The van der Waals surface area contributed by atoms with Crippen LogP contribution in [-0.4, -0.2) is 34.0 Å². The second-order valence-electron chi connectivity index (χ2n) is 7.26. The lowest BCUT2D eigenvalue weighted by atomic mass is 9.95. The third kappa shape index (κ3) is 6.44. The summed E-state index contributed by atoms with van der Waals surface area (Å²) in [7, 11) is 0. The van der Waals surface area contributed by atoms with Crippen LogP contribution in [0.2, 0.25) is 0 Å². The molecule has 1 amide bonds. The van der Waals surface area contributed by atoms with Gasteiger partial charge in [0.15, 0.2) is 18.1 Å². The van der Waals surface area contributed by atoms with Crippen molar-refractivity contribution in [2.75, 3.05) is 11.9 Å². The predicted molar refractivity (Wildman–Crippen MR) is 97.0 cm³/mol. The number of nitrogens with zero attached hydrogens (tertiary/aromatic N) is 2. The molecule has 1 aromatic heterocycles. The molecule has 0 saturated heterocycles. The normalized spacial score (nSPS) is 11.8. The van der Waals surface area contributed by atoms with Crippen molar-refractivity contribution in [2.24, 2.45) is 5.41 Å². The van der Waals surface area contributed by atoms with Crippen LogP contribution in [0.15, 0.2) is 36.5 Å². The zero-order valence-electron chi connectivity index (χ0n) is 16.0. The summed E-state index contributed by atoms with van der Waals surface area (Å²) in [6.07, 6.45) is -3.61. The predicted octanol–water partition coefficient (Wildman–Crippen LogP) is 3.31. The molecule has 0 spiro atoms. The first-order valence-corrected chi connectivity index (χ1v) is 8.57. The highest BCUT2D eigenvalue weighted by atomic mass is 19.4. The van der Waals surface area contributed by atoms with Crippen LogP contribution in [0.1, 0.15) is 36.8 Å². The van der Waals surface area contributed by atoms with Crippen LogP contribution in [0.3, 0.4) is 0 Å². The van der Waals surface area contributed by atoms with Crippen molar-refractivity contribution in [2.45, 2.75) is 33.5 Å². The summed E-state index contributed by atoms with van der Waals surface area (Å²) >= 11 is 0. The van der Waals surface area contributed by atoms with Gasteiger partial charge in [-0.1, -0.05) is 20.8 Å². The van der Waals surface area contributed by atoms with Crippen LogP contribution >= 0.6 is 0 Å². The number of anilines is 1. The van der Waals surface area contributed by atoms with Crippen LogP contribution in [0.4, 0.5) is 18.9 Å². The first-order valence-electron chi connectivity index (χ1n) is 8.57. The van der Waals surface area contributed by atoms with Crippen molar-refractivity contribution in [3.05, 3.63) is 47.8 Å². The molecule has 0 radical (unpaired) electrons. The maximum Gasteiger partial charge on any atom is 0.435 e. The molecule has 0 unspecified atom stereocenters. The molecule has 1 aromatic carbocycles. The van der Waals surface area contributed by atoms with E-state index in [2.05, 4.69) is 10.4 Å². The Morgan fingerprint density at radius 1 is 1.07 bits per heavy atom. The van der Waals surface area contributed by atoms with Gasteiger partial charge in [-0.2, -0.15) is 18.3 Å². The molecule has 156 valence electrons. The van der Waals surface area contributed by atoms with E-state index in [1.165, 1.54) is 12.1 Å². The SMILES string of the molecule is CC(C)(C)C(=O)Nc1ccc(C(=O)COC(=O)Cn2ccc(C(F)(F)F)n2)cc1. The van der Waals surface area contributed by atoms with E-state index in [0.29, 0.717) is 5.69 Å². The maximum atomic E-state index is 12.5. The highest BCUT2D eigenvalue weighted by molar-refractivity contribution is 5.99. The van der Waals surface area contributed by atoms with Gasteiger partial charge in [0.05, 0.1) is 0 Å². The minimum absolute atomic E-state index is 0.183. The molecule has 0 bridgehead atoms. The van der Waals surface area contributed by atoms with Crippen molar-refractivity contribution < 1.29 is 32.3 Å². The fraction of sp³-hybridized carbons (Fsp3) is 0.368. The lowest BCUT2D eigenvalue weighted by Gasteiger charge is -2.17. The van der Waals surface area contributed by atoms with E-state index in [1.807, 2.05) is 0 Å². The van der Waals surface area contributed by atoms with Gasteiger partial charge in [0, 0.05) is 22.9 Å². The summed E-state index contributed by atoms with van der Waals surface area (Å²) in [5, 5.41) is 5.94. The van der Waals surface area contributed by atoms with Crippen molar-refractivity contribution in [1.82, 2.24) is 9.78 Å². The molecule has 1 heterocycles. The summed E-state index contributed by atoms with van der Waals surface area (Å²) in [6, 6.07) is 6.76. The monoisotopic (exact) mass is 411 g/mol. The summed E-state index contributed by atoms with van der Waals surface area (Å²) in [5.74, 6) is -1.58. The number of amides is 1. The van der Waals surface area contributed by atoms with E-state index in [-0.39, 0.29) is 11.5 Å². The number of carbonyl (C=O) groups is 3. The van der Waals surface area contributed by atoms with Crippen LogP contribution in [0.25, 0.3) is 0 Å². The Morgan fingerprint density at radius 2 is 1.69 bits per heavy atom. The van der Waals surface area contributed by atoms with Gasteiger partial charge < -0.3 is 10.1 Å². The van der Waals surface area contributed by atoms with Gasteiger partial charge in [-0.15, -0.1) is 0 Å². The summed E-state index contributed by atoms with van der Waals surface area (Å²) in [5.41, 5.74) is -0.930. The average molecular weight is 411 g/mol. The number of carbonyl (C=O) groups excluding carboxylic acids is 3. The van der Waals surface area contributed by atoms with Gasteiger partial charge in [-0.05, 0) is 30.3 Å². The molecule has 0 aliphatic heterocycles. The summed E-state index contributed by atoms with van der Waals surface area (Å²) in [4.78, 5) is 35.7. The zero-order chi connectivity index (χ0) is 21.8. The van der Waals surface area contributed by atoms with E-state index in [4.69, 9.17) is 4.74 Å². The molecule has 10 heteroatoms. The number of rotatable bonds is 6. The molecule has 0 fully saturated rings. The number of hydrogen-bond donors (Lipinski definition) is 1. The number of ether oxygens (including phenoxy) is 1. The van der Waals surface area contributed by atoms with E-state index in [0.717, 1.165) is 16.9 Å². The Hall–Kier alpha value is -3.17. The molecular formula is C19H20F3N3O4. The molecule has 0 aliphatic rings. The minimum atomic E-state index is -4.61. The van der Waals surface area contributed by atoms with Gasteiger partial charge in [-0.3, -0.25) is 19.1 Å². The van der Waals surface area contributed by atoms with Crippen molar-refractivity contribution >= 4 is 23.3 Å². The van der Waals surface area contributed by atoms with Crippen molar-refractivity contribution in [3.63, 3.8) is 0 Å². The Morgan fingerprint density at radius 3 is 2.21 bits per heavy atom. The number of alkyl halides is 3. The van der Waals surface area contributed by atoms with Gasteiger partial charge in [0.1, 0.15) is 6.54 Å². The van der Waals surface area contributed by atoms with Crippen molar-refractivity contribution in [1.29, 1.82) is 0 Å². The van der Waals surface area contributed by atoms with Crippen LogP contribution in [-0.2, 0) is 27.0 Å². The molecule has 7 nitrogen and oxygen atoms in total. The van der Waals surface area contributed by atoms with Gasteiger partial charge in [-0.25, -0.2) is 0 Å². The molecule has 2 rings (SSSR count). The first-order chi connectivity index (χ1) is 13.4. The standard InChI is InChI=1S/C19H20F3N3O4/c1-18(2,3)17(28)23-13-6-4-12(5-7-13)14(26)11-29-16(27)10-25-9-8-15(24-25)19(20,21)22/h4-9H,10-11H2,1-3H3,(H,23,28).